The van der Waals surface area contributed by atoms with Gasteiger partial charge in [0.2, 0.25) is 0 Å². The van der Waals surface area contributed by atoms with E-state index in [-0.39, 0.29) is 49.1 Å². The summed E-state index contributed by atoms with van der Waals surface area (Å²) in [4.78, 5) is 23.6. The molecule has 1 atom stereocenters. The first kappa shape index (κ1) is 38.6. The van der Waals surface area contributed by atoms with Crippen molar-refractivity contribution in [3.8, 4) is 0 Å². The maximum absolute atomic E-state index is 12.1. The summed E-state index contributed by atoms with van der Waals surface area (Å²) in [6.45, 7) is 9.42. The second-order valence-corrected chi connectivity index (χ2v) is 11.7. The zero-order valence-electron chi connectivity index (χ0n) is 26.1. The van der Waals surface area contributed by atoms with Crippen LogP contribution >= 0.6 is 0 Å². The number of rotatable bonds is 24. The Morgan fingerprint density at radius 1 is 0.750 bits per heavy atom. The van der Waals surface area contributed by atoms with Gasteiger partial charge in [-0.05, 0) is 12.8 Å². The van der Waals surface area contributed by atoms with Gasteiger partial charge >= 0.3 is 12.1 Å². The van der Waals surface area contributed by atoms with E-state index in [0.717, 1.165) is 24.1 Å². The number of alkyl carbamates (subject to hydrolysis) is 1. The molecule has 0 heterocycles. The van der Waals surface area contributed by atoms with Crippen molar-refractivity contribution in [1.29, 1.82) is 0 Å². The van der Waals surface area contributed by atoms with Gasteiger partial charge < -0.3 is 43.3 Å². The predicted molar refractivity (Wildman–Crippen MR) is 162 cm³/mol. The highest BCUT2D eigenvalue weighted by Gasteiger charge is 2.22. The van der Waals surface area contributed by atoms with E-state index in [1.54, 1.807) is 13.8 Å². The molecule has 0 saturated carbocycles. The number of ether oxygens (including phenoxy) is 2. The van der Waals surface area contributed by atoms with Crippen molar-refractivity contribution in [2.45, 2.75) is 117 Å². The molecular weight excluding hydrogens is 615 g/mol. The van der Waals surface area contributed by atoms with E-state index in [1.807, 2.05) is 0 Å². The van der Waals surface area contributed by atoms with Crippen molar-refractivity contribution >= 4 is 12.1 Å². The molecule has 0 bridgehead atoms. The molecule has 0 saturated heterocycles. The third kappa shape index (κ3) is 21.4. The summed E-state index contributed by atoms with van der Waals surface area (Å²) in [6.07, 6.45) is 18.7. The van der Waals surface area contributed by atoms with E-state index in [1.165, 1.54) is 95.5 Å². The molecule has 7 heteroatoms. The number of hydrogen-bond acceptors (Lipinski definition) is 4. The molecular formula is C33H59IN2O4. The number of hydrogen-bond donors (Lipinski definition) is 1. The van der Waals surface area contributed by atoms with Gasteiger partial charge in [-0.2, -0.15) is 0 Å². The van der Waals surface area contributed by atoms with Crippen LogP contribution in [0.4, 0.5) is 4.79 Å². The van der Waals surface area contributed by atoms with Crippen LogP contribution in [-0.4, -0.2) is 56.4 Å². The number of esters is 1. The lowest BCUT2D eigenvalue weighted by atomic mass is 10.0. The number of quaternary nitrogens is 1. The Morgan fingerprint density at radius 3 is 1.77 bits per heavy atom. The van der Waals surface area contributed by atoms with Crippen LogP contribution in [0.2, 0.25) is 0 Å². The number of nitrogens with one attached hydrogen (secondary N) is 1. The Bertz CT molecular complexity index is 747. The van der Waals surface area contributed by atoms with Gasteiger partial charge in [0, 0.05) is 5.56 Å². The highest BCUT2D eigenvalue weighted by Crippen LogP contribution is 2.16. The summed E-state index contributed by atoms with van der Waals surface area (Å²) in [5.74, 6) is -0.463. The predicted octanol–water partition coefficient (Wildman–Crippen LogP) is 5.04. The number of amides is 1. The van der Waals surface area contributed by atoms with Crippen LogP contribution in [-0.2, 0) is 20.8 Å². The fraction of sp³-hybridized carbons (Fsp3) is 0.758. The molecule has 0 aromatic heterocycles. The Labute approximate surface area is 262 Å². The lowest BCUT2D eigenvalue weighted by Gasteiger charge is -2.35. The summed E-state index contributed by atoms with van der Waals surface area (Å²) >= 11 is 0. The summed E-state index contributed by atoms with van der Waals surface area (Å²) in [7, 11) is 2.29. The smallest absolute Gasteiger partial charge is 0.407 e. The Balaban J connectivity index is 0.0000152. The largest absolute Gasteiger partial charge is 1.00 e. The van der Waals surface area contributed by atoms with Crippen molar-refractivity contribution in [2.24, 2.45) is 5.92 Å². The lowest BCUT2D eigenvalue weighted by molar-refractivity contribution is -0.921. The zero-order chi connectivity index (χ0) is 28.6. The number of carbonyl (C=O) groups excluding carboxylic acids is 2. The zero-order valence-corrected chi connectivity index (χ0v) is 28.2. The summed E-state index contributed by atoms with van der Waals surface area (Å²) < 4.78 is 11.1. The normalized spacial score (nSPS) is 12.4. The monoisotopic (exact) mass is 674 g/mol. The van der Waals surface area contributed by atoms with Crippen LogP contribution in [0.3, 0.4) is 0 Å². The topological polar surface area (TPSA) is 64.6 Å². The van der Waals surface area contributed by atoms with Crippen LogP contribution in [0.1, 0.15) is 116 Å². The second kappa shape index (κ2) is 25.4. The summed E-state index contributed by atoms with van der Waals surface area (Å²) in [6, 6.07) is 10.6. The average Bonchev–Trinajstić information content (AvgIpc) is 2.91. The first-order chi connectivity index (χ1) is 18.9. The standard InChI is InChI=1S/C33H58N2O4.HI/c1-5-6-7-8-9-10-11-12-13-14-15-16-17-21-25-35(4,29-31-22-19-18-20-23-31)26-24-34-33(37)39-28-27-38-32(36)30(2)3;/h18-20,22-23,30H,5-17,21,24-29H2,1-4H3;1H. The molecule has 1 unspecified atom stereocenters. The molecule has 0 spiro atoms. The SMILES string of the molecule is CCCCCCCCCCCCCCCC[N+](C)(CCNC(=O)OCCOC(=O)C(C)C)Cc1ccccc1.[I-]. The second-order valence-electron chi connectivity index (χ2n) is 11.7. The molecule has 1 aromatic carbocycles. The highest BCUT2D eigenvalue weighted by molar-refractivity contribution is 5.71. The van der Waals surface area contributed by atoms with Crippen LogP contribution in [0.5, 0.6) is 0 Å². The van der Waals surface area contributed by atoms with Gasteiger partial charge in [0.05, 0.1) is 32.6 Å². The van der Waals surface area contributed by atoms with Crippen LogP contribution in [0.25, 0.3) is 0 Å². The van der Waals surface area contributed by atoms with E-state index >= 15 is 0 Å². The average molecular weight is 675 g/mol. The maximum Gasteiger partial charge on any atom is 0.407 e. The van der Waals surface area contributed by atoms with Crippen LogP contribution in [0.15, 0.2) is 30.3 Å². The Morgan fingerprint density at radius 2 is 1.25 bits per heavy atom. The van der Waals surface area contributed by atoms with E-state index < -0.39 is 6.09 Å². The van der Waals surface area contributed by atoms with Gasteiger partial charge in [0.15, 0.2) is 0 Å². The fourth-order valence-electron chi connectivity index (χ4n) is 4.90. The van der Waals surface area contributed by atoms with Crippen molar-refractivity contribution in [2.75, 3.05) is 39.9 Å². The quantitative estimate of drug-likeness (QED) is 0.0723. The number of benzene rings is 1. The van der Waals surface area contributed by atoms with Crippen LogP contribution in [0, 0.1) is 5.92 Å². The van der Waals surface area contributed by atoms with Crippen molar-refractivity contribution < 1.29 is 47.5 Å². The molecule has 1 N–H and O–H groups in total. The molecule has 0 aliphatic heterocycles. The van der Waals surface area contributed by atoms with E-state index in [4.69, 9.17) is 9.47 Å². The molecule has 1 amide bonds. The van der Waals surface area contributed by atoms with E-state index in [0.29, 0.717) is 6.54 Å². The molecule has 0 radical (unpaired) electrons. The first-order valence-corrected chi connectivity index (χ1v) is 15.8. The van der Waals surface area contributed by atoms with Gasteiger partial charge in [-0.25, -0.2) is 4.79 Å². The van der Waals surface area contributed by atoms with Gasteiger partial charge in [0.25, 0.3) is 0 Å². The third-order valence-corrected chi connectivity index (χ3v) is 7.41. The van der Waals surface area contributed by atoms with Crippen molar-refractivity contribution in [1.82, 2.24) is 5.32 Å². The molecule has 0 fully saturated rings. The lowest BCUT2D eigenvalue weighted by Crippen LogP contribution is -3.00. The van der Waals surface area contributed by atoms with Gasteiger partial charge in [0.1, 0.15) is 19.8 Å². The first-order valence-electron chi connectivity index (χ1n) is 15.8. The fourth-order valence-corrected chi connectivity index (χ4v) is 4.90. The number of unbranched alkanes of at least 4 members (excludes halogenated alkanes) is 13. The van der Waals surface area contributed by atoms with Gasteiger partial charge in [-0.3, -0.25) is 4.79 Å². The molecule has 1 rings (SSSR count). The van der Waals surface area contributed by atoms with Gasteiger partial charge in [-0.1, -0.05) is 128 Å². The molecule has 1 aromatic rings. The molecule has 0 aliphatic rings. The molecule has 6 nitrogen and oxygen atoms in total. The van der Waals surface area contributed by atoms with Gasteiger partial charge in [-0.15, -0.1) is 0 Å². The minimum atomic E-state index is -0.460. The molecule has 232 valence electrons. The highest BCUT2D eigenvalue weighted by atomic mass is 127. The van der Waals surface area contributed by atoms with E-state index in [2.05, 4.69) is 49.6 Å². The number of carbonyl (C=O) groups is 2. The Hall–Kier alpha value is -1.35. The molecule has 0 aliphatic carbocycles. The summed E-state index contributed by atoms with van der Waals surface area (Å²) in [5.41, 5.74) is 1.32. The maximum atomic E-state index is 12.1. The number of likely N-dealkylation sites (N-methyl/N-ethyl adjacent to an activating group) is 1. The van der Waals surface area contributed by atoms with Crippen LogP contribution < -0.4 is 29.3 Å². The molecule has 40 heavy (non-hydrogen) atoms. The van der Waals surface area contributed by atoms with E-state index in [9.17, 15) is 9.59 Å². The third-order valence-electron chi connectivity index (χ3n) is 7.41. The Kier molecular flexibility index (Phi) is 24.5. The number of nitrogens with zero attached hydrogens (tertiary/aromatic N) is 1. The van der Waals surface area contributed by atoms with Crippen molar-refractivity contribution in [3.63, 3.8) is 0 Å². The minimum Gasteiger partial charge on any atom is -1.00 e. The minimum absolute atomic E-state index is 0. The number of halogens is 1. The summed E-state index contributed by atoms with van der Waals surface area (Å²) in [5, 5.41) is 2.87. The van der Waals surface area contributed by atoms with Crippen molar-refractivity contribution in [3.05, 3.63) is 35.9 Å².